The number of amides is 1. The van der Waals surface area contributed by atoms with Crippen LogP contribution in [0.1, 0.15) is 30.5 Å². The fourth-order valence-corrected chi connectivity index (χ4v) is 2.16. The van der Waals surface area contributed by atoms with Gasteiger partial charge in [0.25, 0.3) is 0 Å². The molecule has 0 heterocycles. The van der Waals surface area contributed by atoms with Crippen LogP contribution in [0.2, 0.25) is 0 Å². The van der Waals surface area contributed by atoms with Crippen molar-refractivity contribution in [2.45, 2.75) is 34.1 Å². The average Bonchev–Trinajstić information content (AvgIpc) is 2.30. The van der Waals surface area contributed by atoms with E-state index in [2.05, 4.69) is 50.5 Å². The van der Waals surface area contributed by atoms with Gasteiger partial charge in [-0.3, -0.25) is 4.79 Å². The van der Waals surface area contributed by atoms with Gasteiger partial charge >= 0.3 is 0 Å². The first-order chi connectivity index (χ1) is 8.84. The van der Waals surface area contributed by atoms with E-state index in [1.807, 2.05) is 13.1 Å². The van der Waals surface area contributed by atoms with Crippen LogP contribution in [0.5, 0.6) is 0 Å². The van der Waals surface area contributed by atoms with Crippen molar-refractivity contribution in [3.8, 4) is 0 Å². The molecule has 0 spiro atoms. The fraction of sp³-hybridized carbons (Fsp3) is 0.562. The van der Waals surface area contributed by atoms with E-state index in [-0.39, 0.29) is 11.3 Å². The van der Waals surface area contributed by atoms with Crippen molar-refractivity contribution >= 4 is 5.91 Å². The molecule has 0 aliphatic heterocycles. The number of carbonyl (C=O) groups is 1. The molecule has 0 aromatic heterocycles. The standard InChI is InChI=1S/C16H26N2O/c1-12-6-7-14(13(2)8-12)9-15(19)18-11-16(3,4)10-17-5/h6-8,17H,9-11H2,1-5H3,(H,18,19). The summed E-state index contributed by atoms with van der Waals surface area (Å²) in [6.45, 7) is 9.98. The molecule has 106 valence electrons. The van der Waals surface area contributed by atoms with E-state index in [4.69, 9.17) is 0 Å². The van der Waals surface area contributed by atoms with Crippen molar-refractivity contribution in [3.05, 3.63) is 34.9 Å². The van der Waals surface area contributed by atoms with Crippen molar-refractivity contribution in [1.29, 1.82) is 0 Å². The molecular formula is C16H26N2O. The molecule has 0 saturated heterocycles. The number of rotatable bonds is 6. The normalized spacial score (nSPS) is 11.4. The molecule has 0 aliphatic rings. The van der Waals surface area contributed by atoms with Crippen LogP contribution in [0.15, 0.2) is 18.2 Å². The maximum Gasteiger partial charge on any atom is 0.224 e. The lowest BCUT2D eigenvalue weighted by atomic mass is 9.93. The van der Waals surface area contributed by atoms with Crippen molar-refractivity contribution < 1.29 is 4.79 Å². The van der Waals surface area contributed by atoms with Gasteiger partial charge in [0, 0.05) is 13.1 Å². The van der Waals surface area contributed by atoms with Crippen LogP contribution in [0, 0.1) is 19.3 Å². The van der Waals surface area contributed by atoms with Gasteiger partial charge in [-0.05, 0) is 37.4 Å². The second-order valence-electron chi connectivity index (χ2n) is 6.08. The Balaban J connectivity index is 2.52. The Morgan fingerprint density at radius 3 is 2.47 bits per heavy atom. The van der Waals surface area contributed by atoms with E-state index in [0.29, 0.717) is 13.0 Å². The molecule has 1 aromatic rings. The van der Waals surface area contributed by atoms with Crippen LogP contribution < -0.4 is 10.6 Å². The highest BCUT2D eigenvalue weighted by molar-refractivity contribution is 5.79. The zero-order valence-corrected chi connectivity index (χ0v) is 12.8. The summed E-state index contributed by atoms with van der Waals surface area (Å²) in [7, 11) is 1.93. The van der Waals surface area contributed by atoms with Crippen molar-refractivity contribution in [3.63, 3.8) is 0 Å². The quantitative estimate of drug-likeness (QED) is 0.825. The molecule has 0 radical (unpaired) electrons. The highest BCUT2D eigenvalue weighted by Crippen LogP contribution is 2.13. The third-order valence-corrected chi connectivity index (χ3v) is 3.27. The van der Waals surface area contributed by atoms with Crippen LogP contribution in [0.4, 0.5) is 0 Å². The van der Waals surface area contributed by atoms with Gasteiger partial charge in [-0.2, -0.15) is 0 Å². The predicted octanol–water partition coefficient (Wildman–Crippen LogP) is 2.21. The van der Waals surface area contributed by atoms with Gasteiger partial charge in [-0.1, -0.05) is 37.6 Å². The number of hydrogen-bond acceptors (Lipinski definition) is 2. The van der Waals surface area contributed by atoms with Crippen molar-refractivity contribution in [2.24, 2.45) is 5.41 Å². The minimum atomic E-state index is 0.0761. The van der Waals surface area contributed by atoms with E-state index in [1.54, 1.807) is 0 Å². The number of aryl methyl sites for hydroxylation is 2. The first kappa shape index (κ1) is 15.7. The molecule has 2 N–H and O–H groups in total. The smallest absolute Gasteiger partial charge is 0.224 e. The van der Waals surface area contributed by atoms with Crippen LogP contribution >= 0.6 is 0 Å². The third kappa shape index (κ3) is 5.43. The summed E-state index contributed by atoms with van der Waals surface area (Å²) in [5, 5.41) is 6.16. The lowest BCUT2D eigenvalue weighted by Crippen LogP contribution is -2.40. The topological polar surface area (TPSA) is 41.1 Å². The summed E-state index contributed by atoms with van der Waals surface area (Å²) in [5.41, 5.74) is 3.60. The summed E-state index contributed by atoms with van der Waals surface area (Å²) < 4.78 is 0. The third-order valence-electron chi connectivity index (χ3n) is 3.27. The first-order valence-electron chi connectivity index (χ1n) is 6.81. The highest BCUT2D eigenvalue weighted by Gasteiger charge is 2.17. The minimum Gasteiger partial charge on any atom is -0.355 e. The lowest BCUT2D eigenvalue weighted by Gasteiger charge is -2.24. The molecule has 3 heteroatoms. The van der Waals surface area contributed by atoms with Crippen LogP contribution in [-0.2, 0) is 11.2 Å². The zero-order chi connectivity index (χ0) is 14.5. The van der Waals surface area contributed by atoms with Gasteiger partial charge in [0.05, 0.1) is 6.42 Å². The van der Waals surface area contributed by atoms with Gasteiger partial charge < -0.3 is 10.6 Å². The van der Waals surface area contributed by atoms with Crippen LogP contribution in [-0.4, -0.2) is 26.0 Å². The van der Waals surface area contributed by atoms with Crippen molar-refractivity contribution in [1.82, 2.24) is 10.6 Å². The molecule has 0 aliphatic carbocycles. The molecule has 1 amide bonds. The summed E-state index contributed by atoms with van der Waals surface area (Å²) in [6.07, 6.45) is 0.460. The molecule has 0 saturated carbocycles. The fourth-order valence-electron chi connectivity index (χ4n) is 2.16. The molecule has 0 bridgehead atoms. The maximum absolute atomic E-state index is 12.0. The Morgan fingerprint density at radius 2 is 1.89 bits per heavy atom. The number of nitrogens with one attached hydrogen (secondary N) is 2. The second-order valence-corrected chi connectivity index (χ2v) is 6.08. The number of benzene rings is 1. The van der Waals surface area contributed by atoms with Gasteiger partial charge in [0.1, 0.15) is 0 Å². The highest BCUT2D eigenvalue weighted by atomic mass is 16.1. The van der Waals surface area contributed by atoms with Crippen LogP contribution in [0.3, 0.4) is 0 Å². The second kappa shape index (κ2) is 6.71. The van der Waals surface area contributed by atoms with Crippen LogP contribution in [0.25, 0.3) is 0 Å². The molecule has 0 unspecified atom stereocenters. The Labute approximate surface area is 116 Å². The molecule has 19 heavy (non-hydrogen) atoms. The molecule has 1 aromatic carbocycles. The van der Waals surface area contributed by atoms with Gasteiger partial charge in [-0.25, -0.2) is 0 Å². The molecule has 0 atom stereocenters. The van der Waals surface area contributed by atoms with Gasteiger partial charge in [0.2, 0.25) is 5.91 Å². The minimum absolute atomic E-state index is 0.0761. The Bertz CT molecular complexity index is 438. The van der Waals surface area contributed by atoms with Crippen molar-refractivity contribution in [2.75, 3.05) is 20.1 Å². The molecular weight excluding hydrogens is 236 g/mol. The van der Waals surface area contributed by atoms with Gasteiger partial charge in [0.15, 0.2) is 0 Å². The molecule has 1 rings (SSSR count). The Kier molecular flexibility index (Phi) is 5.55. The summed E-state index contributed by atoms with van der Waals surface area (Å²) >= 11 is 0. The maximum atomic E-state index is 12.0. The zero-order valence-electron chi connectivity index (χ0n) is 12.8. The van der Waals surface area contributed by atoms with E-state index in [1.165, 1.54) is 11.1 Å². The first-order valence-corrected chi connectivity index (χ1v) is 6.81. The monoisotopic (exact) mass is 262 g/mol. The lowest BCUT2D eigenvalue weighted by molar-refractivity contribution is -0.120. The Hall–Kier alpha value is -1.35. The Morgan fingerprint density at radius 1 is 1.21 bits per heavy atom. The van der Waals surface area contributed by atoms with E-state index in [9.17, 15) is 4.79 Å². The summed E-state index contributed by atoms with van der Waals surface area (Å²) in [6, 6.07) is 6.22. The van der Waals surface area contributed by atoms with E-state index >= 15 is 0 Å². The predicted molar refractivity (Wildman–Crippen MR) is 80.3 cm³/mol. The molecule has 0 fully saturated rings. The van der Waals surface area contributed by atoms with E-state index in [0.717, 1.165) is 12.1 Å². The average molecular weight is 262 g/mol. The summed E-state index contributed by atoms with van der Waals surface area (Å²) in [4.78, 5) is 12.0. The largest absolute Gasteiger partial charge is 0.355 e. The molecule has 3 nitrogen and oxygen atoms in total. The number of hydrogen-bond donors (Lipinski definition) is 2. The SMILES string of the molecule is CNCC(C)(C)CNC(=O)Cc1ccc(C)cc1C. The summed E-state index contributed by atoms with van der Waals surface area (Å²) in [5.74, 6) is 0.0936. The van der Waals surface area contributed by atoms with Gasteiger partial charge in [-0.15, -0.1) is 0 Å². The van der Waals surface area contributed by atoms with E-state index < -0.39 is 0 Å². The number of carbonyl (C=O) groups excluding carboxylic acids is 1.